The normalized spacial score (nSPS) is 15.6. The van der Waals surface area contributed by atoms with E-state index < -0.39 is 20.5 Å². The van der Waals surface area contributed by atoms with Crippen LogP contribution in [-0.2, 0) is 21.1 Å². The van der Waals surface area contributed by atoms with Gasteiger partial charge in [-0.25, -0.2) is 13.9 Å². The van der Waals surface area contributed by atoms with Crippen LogP contribution in [0.5, 0.6) is 0 Å². The Labute approximate surface area is 123 Å². The van der Waals surface area contributed by atoms with Crippen LogP contribution in [0.1, 0.15) is 38.6 Å². The molecule has 0 aliphatic heterocycles. The van der Waals surface area contributed by atoms with E-state index in [1.165, 1.54) is 12.4 Å². The van der Waals surface area contributed by atoms with Crippen LogP contribution in [0.3, 0.4) is 0 Å². The molecule has 1 atom stereocenters. The Kier molecular flexibility index (Phi) is 5.30. The lowest BCUT2D eigenvalue weighted by Crippen LogP contribution is -2.49. The molecule has 0 radical (unpaired) electrons. The van der Waals surface area contributed by atoms with E-state index >= 15 is 0 Å². The fourth-order valence-corrected chi connectivity index (χ4v) is 2.57. The highest BCUT2D eigenvalue weighted by Crippen LogP contribution is 2.24. The summed E-state index contributed by atoms with van der Waals surface area (Å²) in [4.78, 5) is 11.7. The molecule has 0 unspecified atom stereocenters. The molecule has 0 bridgehead atoms. The number of amides is 1. The molecule has 2 N–H and O–H groups in total. The fraction of sp³-hybridized carbons (Fsp3) is 0.538. The second-order valence-electron chi connectivity index (χ2n) is 5.10. The Morgan fingerprint density at radius 1 is 1.57 bits per heavy atom. The Balaban J connectivity index is 2.93. The highest BCUT2D eigenvalue weighted by Gasteiger charge is 2.43. The molecule has 0 spiro atoms. The van der Waals surface area contributed by atoms with Gasteiger partial charge in [0.05, 0.1) is 5.69 Å². The van der Waals surface area contributed by atoms with Crippen molar-refractivity contribution in [2.45, 2.75) is 38.4 Å². The van der Waals surface area contributed by atoms with Gasteiger partial charge in [-0.15, -0.1) is 0 Å². The lowest BCUT2D eigenvalue weighted by atomic mass is 10.0. The van der Waals surface area contributed by atoms with Crippen molar-refractivity contribution in [2.24, 2.45) is 0 Å². The standard InChI is InChI=1S/C13H20N2O5S/c1-5-9(2)11-8-10(15-20-11)6-7-13(3,12(16)14-17)21(4,18)19/h5,8,17H,6-7H2,1-4H3,(H,14,16)/t13-/m1/s1. The number of carbonyl (C=O) groups excluding carboxylic acids is 1. The van der Waals surface area contributed by atoms with Gasteiger partial charge in [-0.05, 0) is 39.2 Å². The third-order valence-corrected chi connectivity index (χ3v) is 5.67. The van der Waals surface area contributed by atoms with Gasteiger partial charge in [-0.2, -0.15) is 0 Å². The van der Waals surface area contributed by atoms with Crippen LogP contribution in [0.25, 0.3) is 5.57 Å². The number of hydroxylamine groups is 1. The van der Waals surface area contributed by atoms with Crippen molar-refractivity contribution in [3.8, 4) is 0 Å². The maximum Gasteiger partial charge on any atom is 0.264 e. The Bertz CT molecular complexity index is 647. The van der Waals surface area contributed by atoms with Crippen LogP contribution in [0, 0.1) is 0 Å². The number of rotatable bonds is 6. The summed E-state index contributed by atoms with van der Waals surface area (Å²) in [5.41, 5.74) is 2.87. The van der Waals surface area contributed by atoms with E-state index in [0.717, 1.165) is 11.8 Å². The smallest absolute Gasteiger partial charge is 0.264 e. The molecule has 0 aliphatic carbocycles. The third kappa shape index (κ3) is 3.70. The molecular formula is C13H20N2O5S. The van der Waals surface area contributed by atoms with Crippen molar-refractivity contribution in [3.63, 3.8) is 0 Å². The van der Waals surface area contributed by atoms with Crippen LogP contribution in [0.4, 0.5) is 0 Å². The number of hydrogen-bond acceptors (Lipinski definition) is 6. The molecule has 0 aliphatic rings. The van der Waals surface area contributed by atoms with Crippen LogP contribution >= 0.6 is 0 Å². The Morgan fingerprint density at radius 2 is 2.19 bits per heavy atom. The van der Waals surface area contributed by atoms with Crippen molar-refractivity contribution < 1.29 is 22.9 Å². The Morgan fingerprint density at radius 3 is 2.67 bits per heavy atom. The number of nitrogens with one attached hydrogen (secondary N) is 1. The van der Waals surface area contributed by atoms with Gasteiger partial charge in [0.15, 0.2) is 15.6 Å². The first kappa shape index (κ1) is 17.4. The highest BCUT2D eigenvalue weighted by molar-refractivity contribution is 7.92. The summed E-state index contributed by atoms with van der Waals surface area (Å²) in [5.74, 6) is -0.362. The number of carbonyl (C=O) groups is 1. The van der Waals surface area contributed by atoms with Crippen molar-refractivity contribution >= 4 is 21.3 Å². The van der Waals surface area contributed by atoms with E-state index in [1.807, 2.05) is 19.9 Å². The number of sulfone groups is 1. The summed E-state index contributed by atoms with van der Waals surface area (Å²) in [6.45, 7) is 5.00. The van der Waals surface area contributed by atoms with E-state index in [2.05, 4.69) is 5.16 Å². The molecule has 0 saturated carbocycles. The predicted molar refractivity (Wildman–Crippen MR) is 77.3 cm³/mol. The van der Waals surface area contributed by atoms with Gasteiger partial charge in [0.1, 0.15) is 4.75 Å². The van der Waals surface area contributed by atoms with Gasteiger partial charge in [0, 0.05) is 12.3 Å². The minimum absolute atomic E-state index is 0.0148. The molecule has 7 nitrogen and oxygen atoms in total. The van der Waals surface area contributed by atoms with Gasteiger partial charge in [0.2, 0.25) is 0 Å². The van der Waals surface area contributed by atoms with E-state index in [1.54, 1.807) is 6.07 Å². The molecule has 8 heteroatoms. The van der Waals surface area contributed by atoms with Gasteiger partial charge in [-0.3, -0.25) is 10.0 Å². The number of aryl methyl sites for hydroxylation is 1. The van der Waals surface area contributed by atoms with E-state index in [9.17, 15) is 13.2 Å². The molecule has 1 aromatic heterocycles. The molecule has 0 saturated heterocycles. The zero-order valence-electron chi connectivity index (χ0n) is 12.5. The monoisotopic (exact) mass is 316 g/mol. The van der Waals surface area contributed by atoms with Crippen LogP contribution in [0.15, 0.2) is 16.7 Å². The number of hydrogen-bond donors (Lipinski definition) is 2. The quantitative estimate of drug-likeness (QED) is 0.605. The third-order valence-electron chi connectivity index (χ3n) is 3.64. The van der Waals surface area contributed by atoms with Crippen molar-refractivity contribution in [3.05, 3.63) is 23.6 Å². The summed E-state index contributed by atoms with van der Waals surface area (Å²) in [7, 11) is -3.70. The molecule has 1 amide bonds. The summed E-state index contributed by atoms with van der Waals surface area (Å²) in [6, 6.07) is 1.70. The first-order chi connectivity index (χ1) is 9.65. The average molecular weight is 316 g/mol. The molecule has 1 rings (SSSR count). The molecule has 0 fully saturated rings. The molecular weight excluding hydrogens is 296 g/mol. The lowest BCUT2D eigenvalue weighted by molar-refractivity contribution is -0.131. The first-order valence-electron chi connectivity index (χ1n) is 6.38. The van der Waals surface area contributed by atoms with Crippen molar-refractivity contribution in [2.75, 3.05) is 6.26 Å². The SMILES string of the molecule is CC=C(C)c1cc(CC[C@](C)(C(=O)NO)S(C)(=O)=O)no1. The number of nitrogens with zero attached hydrogens (tertiary/aromatic N) is 1. The average Bonchev–Trinajstić information content (AvgIpc) is 2.90. The summed E-state index contributed by atoms with van der Waals surface area (Å²) >= 11 is 0. The lowest BCUT2D eigenvalue weighted by Gasteiger charge is -2.24. The minimum Gasteiger partial charge on any atom is -0.356 e. The van der Waals surface area contributed by atoms with E-state index in [-0.39, 0.29) is 12.8 Å². The molecule has 118 valence electrons. The summed E-state index contributed by atoms with van der Waals surface area (Å²) in [5, 5.41) is 12.6. The van der Waals surface area contributed by atoms with Gasteiger partial charge in [-0.1, -0.05) is 11.2 Å². The van der Waals surface area contributed by atoms with Crippen LogP contribution in [-0.4, -0.2) is 35.7 Å². The topological polar surface area (TPSA) is 110 Å². The zero-order valence-corrected chi connectivity index (χ0v) is 13.3. The van der Waals surface area contributed by atoms with Crippen molar-refractivity contribution in [1.29, 1.82) is 0 Å². The van der Waals surface area contributed by atoms with Gasteiger partial charge >= 0.3 is 0 Å². The second kappa shape index (κ2) is 6.40. The molecule has 0 aromatic carbocycles. The number of allylic oxidation sites excluding steroid dienone is 2. The van der Waals surface area contributed by atoms with Crippen LogP contribution < -0.4 is 5.48 Å². The Hall–Kier alpha value is -1.67. The van der Waals surface area contributed by atoms with E-state index in [0.29, 0.717) is 11.5 Å². The molecule has 1 heterocycles. The van der Waals surface area contributed by atoms with Gasteiger partial charge < -0.3 is 4.52 Å². The van der Waals surface area contributed by atoms with Crippen LogP contribution in [0.2, 0.25) is 0 Å². The fourth-order valence-electron chi connectivity index (χ4n) is 1.71. The summed E-state index contributed by atoms with van der Waals surface area (Å²) in [6.07, 6.45) is 3.04. The highest BCUT2D eigenvalue weighted by atomic mass is 32.2. The molecule has 21 heavy (non-hydrogen) atoms. The van der Waals surface area contributed by atoms with Crippen molar-refractivity contribution in [1.82, 2.24) is 10.6 Å². The molecule has 1 aromatic rings. The second-order valence-corrected chi connectivity index (χ2v) is 7.54. The largest absolute Gasteiger partial charge is 0.356 e. The van der Waals surface area contributed by atoms with Gasteiger partial charge in [0.25, 0.3) is 5.91 Å². The zero-order chi connectivity index (χ0) is 16.3. The number of aromatic nitrogens is 1. The first-order valence-corrected chi connectivity index (χ1v) is 8.28. The van der Waals surface area contributed by atoms with E-state index in [4.69, 9.17) is 9.73 Å². The minimum atomic E-state index is -3.70. The maximum absolute atomic E-state index is 11.8. The predicted octanol–water partition coefficient (Wildman–Crippen LogP) is 1.34. The maximum atomic E-state index is 11.8. The summed E-state index contributed by atoms with van der Waals surface area (Å²) < 4.78 is 27.0.